The summed E-state index contributed by atoms with van der Waals surface area (Å²) in [5.74, 6) is 1.03. The van der Waals surface area contributed by atoms with Gasteiger partial charge in [-0.2, -0.15) is 0 Å². The predicted molar refractivity (Wildman–Crippen MR) is 73.1 cm³/mol. The molecule has 0 amide bonds. The zero-order valence-corrected chi connectivity index (χ0v) is 11.6. The van der Waals surface area contributed by atoms with Crippen molar-refractivity contribution in [1.29, 1.82) is 0 Å². The quantitative estimate of drug-likeness (QED) is 0.763. The van der Waals surface area contributed by atoms with Gasteiger partial charge in [-0.15, -0.1) is 0 Å². The number of nitrogens with two attached hydrogens (primary N) is 1. The SMILES string of the molecule is CCCC(C)(CN)N1CCN(CC2CC2)CC1. The number of hydrogen-bond donors (Lipinski definition) is 1. The normalized spacial score (nSPS) is 27.0. The Labute approximate surface area is 106 Å². The van der Waals surface area contributed by atoms with E-state index in [1.165, 1.54) is 58.4 Å². The molecule has 3 heteroatoms. The number of nitrogens with zero attached hydrogens (tertiary/aromatic N) is 2. The van der Waals surface area contributed by atoms with Gasteiger partial charge in [-0.1, -0.05) is 13.3 Å². The van der Waals surface area contributed by atoms with Crippen LogP contribution in [0.3, 0.4) is 0 Å². The first kappa shape index (κ1) is 13.3. The summed E-state index contributed by atoms with van der Waals surface area (Å²) >= 11 is 0. The molecule has 0 aromatic heterocycles. The van der Waals surface area contributed by atoms with Gasteiger partial charge in [0, 0.05) is 44.8 Å². The van der Waals surface area contributed by atoms with Crippen molar-refractivity contribution in [1.82, 2.24) is 9.80 Å². The molecule has 1 unspecified atom stereocenters. The summed E-state index contributed by atoms with van der Waals surface area (Å²) < 4.78 is 0. The molecule has 0 bridgehead atoms. The summed E-state index contributed by atoms with van der Waals surface area (Å²) in [6, 6.07) is 0. The Hall–Kier alpha value is -0.120. The van der Waals surface area contributed by atoms with Gasteiger partial charge in [-0.25, -0.2) is 0 Å². The average Bonchev–Trinajstić information content (AvgIpc) is 3.14. The third-order valence-electron chi connectivity index (χ3n) is 4.58. The van der Waals surface area contributed by atoms with Gasteiger partial charge in [0.05, 0.1) is 0 Å². The molecular formula is C14H29N3. The minimum absolute atomic E-state index is 0.237. The molecule has 1 atom stereocenters. The minimum atomic E-state index is 0.237. The molecule has 2 fully saturated rings. The third kappa shape index (κ3) is 3.43. The van der Waals surface area contributed by atoms with Crippen LogP contribution in [0.5, 0.6) is 0 Å². The topological polar surface area (TPSA) is 32.5 Å². The molecule has 1 saturated carbocycles. The number of hydrogen-bond acceptors (Lipinski definition) is 3. The maximum Gasteiger partial charge on any atom is 0.0304 e. The average molecular weight is 239 g/mol. The number of piperazine rings is 1. The highest BCUT2D eigenvalue weighted by molar-refractivity contribution is 4.90. The van der Waals surface area contributed by atoms with E-state index in [9.17, 15) is 0 Å². The molecular weight excluding hydrogens is 210 g/mol. The van der Waals surface area contributed by atoms with Gasteiger partial charge in [0.1, 0.15) is 0 Å². The molecule has 1 aliphatic heterocycles. The molecule has 2 aliphatic rings. The molecule has 17 heavy (non-hydrogen) atoms. The van der Waals surface area contributed by atoms with Crippen LogP contribution >= 0.6 is 0 Å². The molecule has 1 saturated heterocycles. The van der Waals surface area contributed by atoms with Gasteiger partial charge >= 0.3 is 0 Å². The van der Waals surface area contributed by atoms with Crippen LogP contribution in [-0.2, 0) is 0 Å². The first-order chi connectivity index (χ1) is 8.18. The summed E-state index contributed by atoms with van der Waals surface area (Å²) in [5, 5.41) is 0. The first-order valence-electron chi connectivity index (χ1n) is 7.35. The van der Waals surface area contributed by atoms with Gasteiger partial charge in [0.15, 0.2) is 0 Å². The van der Waals surface area contributed by atoms with Crippen molar-refractivity contribution < 1.29 is 0 Å². The second-order valence-electron chi connectivity index (χ2n) is 6.18. The van der Waals surface area contributed by atoms with Crippen molar-refractivity contribution in [2.24, 2.45) is 11.7 Å². The van der Waals surface area contributed by atoms with E-state index < -0.39 is 0 Å². The van der Waals surface area contributed by atoms with Crippen molar-refractivity contribution in [3.05, 3.63) is 0 Å². The minimum Gasteiger partial charge on any atom is -0.329 e. The highest BCUT2D eigenvalue weighted by Gasteiger charge is 2.33. The molecule has 1 aliphatic carbocycles. The molecule has 2 rings (SSSR count). The maximum absolute atomic E-state index is 5.99. The molecule has 0 aromatic carbocycles. The van der Waals surface area contributed by atoms with Crippen molar-refractivity contribution in [2.75, 3.05) is 39.3 Å². The fourth-order valence-corrected chi connectivity index (χ4v) is 3.06. The molecule has 0 spiro atoms. The lowest BCUT2D eigenvalue weighted by molar-refractivity contribution is 0.0395. The van der Waals surface area contributed by atoms with Gasteiger partial charge in [0.25, 0.3) is 0 Å². The van der Waals surface area contributed by atoms with Gasteiger partial charge in [-0.05, 0) is 32.1 Å². The van der Waals surface area contributed by atoms with Crippen LogP contribution in [0.25, 0.3) is 0 Å². The van der Waals surface area contributed by atoms with Crippen LogP contribution in [0, 0.1) is 5.92 Å². The van der Waals surface area contributed by atoms with Crippen LogP contribution in [-0.4, -0.2) is 54.6 Å². The molecule has 3 nitrogen and oxygen atoms in total. The Morgan fingerprint density at radius 3 is 2.29 bits per heavy atom. The second-order valence-corrected chi connectivity index (χ2v) is 6.18. The Kier molecular flexibility index (Phi) is 4.45. The van der Waals surface area contributed by atoms with Gasteiger partial charge < -0.3 is 10.6 Å². The summed E-state index contributed by atoms with van der Waals surface area (Å²) in [7, 11) is 0. The Bertz CT molecular complexity index is 232. The smallest absolute Gasteiger partial charge is 0.0304 e. The molecule has 2 N–H and O–H groups in total. The van der Waals surface area contributed by atoms with E-state index in [2.05, 4.69) is 23.6 Å². The number of rotatable bonds is 6. The lowest BCUT2D eigenvalue weighted by Gasteiger charge is -2.45. The lowest BCUT2D eigenvalue weighted by Crippen LogP contribution is -2.58. The zero-order chi connectivity index (χ0) is 12.3. The summed E-state index contributed by atoms with van der Waals surface area (Å²) in [6.45, 7) is 11.7. The molecule has 0 aromatic rings. The molecule has 1 heterocycles. The second kappa shape index (κ2) is 5.68. The van der Waals surface area contributed by atoms with E-state index in [1.54, 1.807) is 0 Å². The van der Waals surface area contributed by atoms with Crippen LogP contribution < -0.4 is 5.73 Å². The fraction of sp³-hybridized carbons (Fsp3) is 1.00. The van der Waals surface area contributed by atoms with Crippen molar-refractivity contribution >= 4 is 0 Å². The summed E-state index contributed by atoms with van der Waals surface area (Å²) in [6.07, 6.45) is 5.40. The van der Waals surface area contributed by atoms with E-state index in [4.69, 9.17) is 5.73 Å². The van der Waals surface area contributed by atoms with Gasteiger partial charge in [0.2, 0.25) is 0 Å². The van der Waals surface area contributed by atoms with Crippen molar-refractivity contribution in [2.45, 2.75) is 45.1 Å². The van der Waals surface area contributed by atoms with E-state index in [0.717, 1.165) is 12.5 Å². The Morgan fingerprint density at radius 2 is 1.82 bits per heavy atom. The standard InChI is InChI=1S/C14H29N3/c1-3-6-14(2,12-15)17-9-7-16(8-10-17)11-13-4-5-13/h13H,3-12,15H2,1-2H3. The van der Waals surface area contributed by atoms with E-state index in [1.807, 2.05) is 0 Å². The van der Waals surface area contributed by atoms with E-state index >= 15 is 0 Å². The summed E-state index contributed by atoms with van der Waals surface area (Å²) in [4.78, 5) is 5.27. The van der Waals surface area contributed by atoms with Crippen LogP contribution in [0.2, 0.25) is 0 Å². The summed E-state index contributed by atoms with van der Waals surface area (Å²) in [5.41, 5.74) is 6.23. The highest BCUT2D eigenvalue weighted by Crippen LogP contribution is 2.30. The highest BCUT2D eigenvalue weighted by atomic mass is 15.3. The molecule has 0 radical (unpaired) electrons. The Morgan fingerprint density at radius 1 is 1.18 bits per heavy atom. The van der Waals surface area contributed by atoms with Crippen molar-refractivity contribution in [3.63, 3.8) is 0 Å². The lowest BCUT2D eigenvalue weighted by atomic mass is 9.93. The molecule has 100 valence electrons. The van der Waals surface area contributed by atoms with E-state index in [0.29, 0.717) is 0 Å². The van der Waals surface area contributed by atoms with Crippen molar-refractivity contribution in [3.8, 4) is 0 Å². The van der Waals surface area contributed by atoms with Gasteiger partial charge in [-0.3, -0.25) is 4.90 Å². The Balaban J connectivity index is 1.79. The monoisotopic (exact) mass is 239 g/mol. The first-order valence-corrected chi connectivity index (χ1v) is 7.35. The third-order valence-corrected chi connectivity index (χ3v) is 4.58. The van der Waals surface area contributed by atoms with Crippen LogP contribution in [0.4, 0.5) is 0 Å². The zero-order valence-electron chi connectivity index (χ0n) is 11.6. The largest absolute Gasteiger partial charge is 0.329 e. The van der Waals surface area contributed by atoms with Crippen LogP contribution in [0.1, 0.15) is 39.5 Å². The van der Waals surface area contributed by atoms with Crippen LogP contribution in [0.15, 0.2) is 0 Å². The van der Waals surface area contributed by atoms with E-state index in [-0.39, 0.29) is 5.54 Å². The fourth-order valence-electron chi connectivity index (χ4n) is 3.06. The maximum atomic E-state index is 5.99. The predicted octanol–water partition coefficient (Wildman–Crippen LogP) is 1.53.